The van der Waals surface area contributed by atoms with Crippen LogP contribution in [0.15, 0.2) is 24.3 Å². The Morgan fingerprint density at radius 3 is 2.76 bits per heavy atom. The molecule has 1 amide bonds. The lowest BCUT2D eigenvalue weighted by molar-refractivity contribution is -0.139. The van der Waals surface area contributed by atoms with E-state index in [0.29, 0.717) is 6.54 Å². The number of likely N-dealkylation sites (N-methyl/N-ethyl adjacent to an activating group) is 1. The van der Waals surface area contributed by atoms with Crippen LogP contribution in [0.3, 0.4) is 0 Å². The second-order valence-electron chi connectivity index (χ2n) is 4.84. The highest BCUT2D eigenvalue weighted by Gasteiger charge is 2.41. The van der Waals surface area contributed by atoms with Crippen molar-refractivity contribution in [3.05, 3.63) is 29.8 Å². The summed E-state index contributed by atoms with van der Waals surface area (Å²) < 4.78 is 0. The monoisotopic (exact) mass is 234 g/mol. The van der Waals surface area contributed by atoms with Crippen LogP contribution in [0.25, 0.3) is 0 Å². The van der Waals surface area contributed by atoms with Crippen molar-refractivity contribution in [3.8, 4) is 5.75 Å². The maximum atomic E-state index is 12.1. The molecule has 92 valence electrons. The maximum absolute atomic E-state index is 12.1. The zero-order chi connectivity index (χ0) is 12.5. The van der Waals surface area contributed by atoms with Gasteiger partial charge >= 0.3 is 0 Å². The third-order valence-electron chi connectivity index (χ3n) is 3.35. The van der Waals surface area contributed by atoms with Crippen molar-refractivity contribution in [1.29, 1.82) is 0 Å². The highest BCUT2D eigenvalue weighted by molar-refractivity contribution is 5.86. The van der Waals surface area contributed by atoms with Gasteiger partial charge in [-0.1, -0.05) is 12.1 Å². The van der Waals surface area contributed by atoms with Crippen LogP contribution in [0.5, 0.6) is 5.75 Å². The number of carbonyl (C=O) groups excluding carboxylic acids is 1. The number of carbonyl (C=O) groups is 1. The molecule has 0 radical (unpaired) electrons. The first-order valence-corrected chi connectivity index (χ1v) is 5.84. The molecule has 0 heterocycles. The Balaban J connectivity index is 2.01. The van der Waals surface area contributed by atoms with E-state index in [9.17, 15) is 9.90 Å². The molecule has 1 aromatic rings. The SMILES string of the molecule is CN(Cc1cccc(O)c1)C(=O)C1(N)CCC1. The molecule has 0 unspecified atom stereocenters. The topological polar surface area (TPSA) is 66.6 Å². The van der Waals surface area contributed by atoms with Gasteiger partial charge in [-0.05, 0) is 37.0 Å². The molecule has 4 heteroatoms. The van der Waals surface area contributed by atoms with Gasteiger partial charge in [0.25, 0.3) is 0 Å². The standard InChI is InChI=1S/C13H18N2O2/c1-15(12(17)13(14)6-3-7-13)9-10-4-2-5-11(16)8-10/h2,4-5,8,16H,3,6-7,9,14H2,1H3. The first-order valence-electron chi connectivity index (χ1n) is 5.84. The smallest absolute Gasteiger partial charge is 0.242 e. The van der Waals surface area contributed by atoms with Crippen LogP contribution in [0.4, 0.5) is 0 Å². The molecule has 0 saturated heterocycles. The van der Waals surface area contributed by atoms with E-state index in [-0.39, 0.29) is 11.7 Å². The Morgan fingerprint density at radius 2 is 2.24 bits per heavy atom. The van der Waals surface area contributed by atoms with Gasteiger partial charge in [-0.25, -0.2) is 0 Å². The molecule has 0 atom stereocenters. The summed E-state index contributed by atoms with van der Waals surface area (Å²) in [7, 11) is 1.75. The number of nitrogens with two attached hydrogens (primary N) is 1. The quantitative estimate of drug-likeness (QED) is 0.826. The molecule has 0 spiro atoms. The van der Waals surface area contributed by atoms with Crippen molar-refractivity contribution >= 4 is 5.91 Å². The first kappa shape index (κ1) is 11.9. The van der Waals surface area contributed by atoms with Gasteiger partial charge in [-0.2, -0.15) is 0 Å². The van der Waals surface area contributed by atoms with Crippen molar-refractivity contribution in [2.75, 3.05) is 7.05 Å². The number of hydrogen-bond donors (Lipinski definition) is 2. The summed E-state index contributed by atoms with van der Waals surface area (Å²) in [6.07, 6.45) is 2.58. The fourth-order valence-electron chi connectivity index (χ4n) is 2.15. The Kier molecular flexibility index (Phi) is 3.07. The summed E-state index contributed by atoms with van der Waals surface area (Å²) in [5, 5.41) is 9.35. The zero-order valence-corrected chi connectivity index (χ0v) is 10.0. The summed E-state index contributed by atoms with van der Waals surface area (Å²) in [6, 6.07) is 6.92. The van der Waals surface area contributed by atoms with Gasteiger partial charge in [0.05, 0.1) is 5.54 Å². The van der Waals surface area contributed by atoms with Crippen LogP contribution in [0, 0.1) is 0 Å². The maximum Gasteiger partial charge on any atom is 0.242 e. The normalized spacial score (nSPS) is 17.3. The molecule has 1 aromatic carbocycles. The molecule has 1 aliphatic rings. The van der Waals surface area contributed by atoms with E-state index in [2.05, 4.69) is 0 Å². The van der Waals surface area contributed by atoms with E-state index < -0.39 is 5.54 Å². The average Bonchev–Trinajstić information content (AvgIpc) is 2.25. The van der Waals surface area contributed by atoms with E-state index in [4.69, 9.17) is 5.73 Å². The molecule has 0 aromatic heterocycles. The van der Waals surface area contributed by atoms with Crippen molar-refractivity contribution in [1.82, 2.24) is 4.90 Å². The van der Waals surface area contributed by atoms with Crippen LogP contribution in [0.1, 0.15) is 24.8 Å². The van der Waals surface area contributed by atoms with E-state index >= 15 is 0 Å². The van der Waals surface area contributed by atoms with Gasteiger partial charge in [0, 0.05) is 13.6 Å². The average molecular weight is 234 g/mol. The molecule has 0 aliphatic heterocycles. The van der Waals surface area contributed by atoms with E-state index in [1.54, 1.807) is 30.1 Å². The summed E-state index contributed by atoms with van der Waals surface area (Å²) in [6.45, 7) is 0.478. The van der Waals surface area contributed by atoms with Gasteiger partial charge in [-0.15, -0.1) is 0 Å². The van der Waals surface area contributed by atoms with Crippen LogP contribution >= 0.6 is 0 Å². The van der Waals surface area contributed by atoms with Gasteiger partial charge in [0.15, 0.2) is 0 Å². The Hall–Kier alpha value is -1.55. The summed E-state index contributed by atoms with van der Waals surface area (Å²) in [5.41, 5.74) is 6.25. The number of amides is 1. The molecule has 3 N–H and O–H groups in total. The highest BCUT2D eigenvalue weighted by atomic mass is 16.3. The van der Waals surface area contributed by atoms with Crippen molar-refractivity contribution in [2.45, 2.75) is 31.3 Å². The van der Waals surface area contributed by atoms with E-state index in [1.807, 2.05) is 6.07 Å². The van der Waals surface area contributed by atoms with Gasteiger partial charge in [0.2, 0.25) is 5.91 Å². The van der Waals surface area contributed by atoms with Gasteiger partial charge < -0.3 is 15.7 Å². The predicted octanol–water partition coefficient (Wildman–Crippen LogP) is 1.23. The number of rotatable bonds is 3. The van der Waals surface area contributed by atoms with E-state index in [1.165, 1.54) is 0 Å². The predicted molar refractivity (Wildman–Crippen MR) is 65.4 cm³/mol. The van der Waals surface area contributed by atoms with Crippen LogP contribution < -0.4 is 5.73 Å². The Bertz CT molecular complexity index is 427. The molecule has 1 aliphatic carbocycles. The first-order chi connectivity index (χ1) is 8.01. The second kappa shape index (κ2) is 4.37. The lowest BCUT2D eigenvalue weighted by atomic mass is 9.76. The van der Waals surface area contributed by atoms with Crippen molar-refractivity contribution in [2.24, 2.45) is 5.73 Å². The molecule has 0 bridgehead atoms. The molecule has 17 heavy (non-hydrogen) atoms. The minimum Gasteiger partial charge on any atom is -0.508 e. The van der Waals surface area contributed by atoms with E-state index in [0.717, 1.165) is 24.8 Å². The van der Waals surface area contributed by atoms with Crippen molar-refractivity contribution in [3.63, 3.8) is 0 Å². The Morgan fingerprint density at radius 1 is 1.53 bits per heavy atom. The molecule has 2 rings (SSSR count). The molecule has 1 saturated carbocycles. The number of hydrogen-bond acceptors (Lipinski definition) is 3. The largest absolute Gasteiger partial charge is 0.508 e. The fourth-order valence-corrected chi connectivity index (χ4v) is 2.15. The minimum absolute atomic E-state index is 0.00732. The van der Waals surface area contributed by atoms with Crippen LogP contribution in [-0.4, -0.2) is 28.5 Å². The number of nitrogens with zero attached hydrogens (tertiary/aromatic N) is 1. The third-order valence-corrected chi connectivity index (χ3v) is 3.35. The fraction of sp³-hybridized carbons (Fsp3) is 0.462. The lowest BCUT2D eigenvalue weighted by Crippen LogP contribution is -2.58. The molecule has 1 fully saturated rings. The van der Waals surface area contributed by atoms with Crippen LogP contribution in [0.2, 0.25) is 0 Å². The van der Waals surface area contributed by atoms with Gasteiger partial charge in [-0.3, -0.25) is 4.79 Å². The highest BCUT2D eigenvalue weighted by Crippen LogP contribution is 2.31. The number of aromatic hydroxyl groups is 1. The van der Waals surface area contributed by atoms with Gasteiger partial charge in [0.1, 0.15) is 5.75 Å². The minimum atomic E-state index is -0.647. The third kappa shape index (κ3) is 2.42. The summed E-state index contributed by atoms with van der Waals surface area (Å²) in [4.78, 5) is 13.7. The van der Waals surface area contributed by atoms with Crippen LogP contribution in [-0.2, 0) is 11.3 Å². The summed E-state index contributed by atoms with van der Waals surface area (Å²) >= 11 is 0. The molecule has 4 nitrogen and oxygen atoms in total. The second-order valence-corrected chi connectivity index (χ2v) is 4.84. The zero-order valence-electron chi connectivity index (χ0n) is 10.0. The van der Waals surface area contributed by atoms with Crippen molar-refractivity contribution < 1.29 is 9.90 Å². The molecular formula is C13H18N2O2. The molecular weight excluding hydrogens is 216 g/mol. The lowest BCUT2D eigenvalue weighted by Gasteiger charge is -2.39. The Labute approximate surface area is 101 Å². The number of phenolic OH excluding ortho intramolecular Hbond substituents is 1. The number of phenols is 1. The summed E-state index contributed by atoms with van der Waals surface area (Å²) in [5.74, 6) is 0.210. The number of benzene rings is 1.